The van der Waals surface area contributed by atoms with Crippen LogP contribution >= 0.6 is 0 Å². The smallest absolute Gasteiger partial charge is 0.235 e. The van der Waals surface area contributed by atoms with E-state index in [1.807, 2.05) is 54.6 Å². The van der Waals surface area contributed by atoms with E-state index in [1.54, 1.807) is 0 Å². The average Bonchev–Trinajstić information content (AvgIpc) is 3.76. The van der Waals surface area contributed by atoms with Crippen LogP contribution in [0.5, 0.6) is 0 Å². The van der Waals surface area contributed by atoms with E-state index in [-0.39, 0.29) is 0 Å². The molecule has 0 aliphatic rings. The predicted molar refractivity (Wildman–Crippen MR) is 210 cm³/mol. The van der Waals surface area contributed by atoms with Gasteiger partial charge in [-0.25, -0.2) is 9.97 Å². The summed E-state index contributed by atoms with van der Waals surface area (Å²) < 4.78 is 8.30. The van der Waals surface area contributed by atoms with Gasteiger partial charge >= 0.3 is 0 Å². The minimum atomic E-state index is 0.609. The van der Waals surface area contributed by atoms with Gasteiger partial charge in [0.25, 0.3) is 0 Å². The molecule has 0 aliphatic heterocycles. The van der Waals surface area contributed by atoms with Crippen LogP contribution < -0.4 is 0 Å². The number of benzene rings is 7. The van der Waals surface area contributed by atoms with Gasteiger partial charge in [-0.3, -0.25) is 4.57 Å². The Morgan fingerprint density at radius 2 is 0.962 bits per heavy atom. The first kappa shape index (κ1) is 29.6. The van der Waals surface area contributed by atoms with Crippen LogP contribution in [0.2, 0.25) is 0 Å². The molecule has 0 N–H and O–H groups in total. The lowest BCUT2D eigenvalue weighted by molar-refractivity contribution is 0.669. The molecule has 10 aromatic rings. The second-order valence-electron chi connectivity index (χ2n) is 13.0. The topological polar surface area (TPSA) is 67.6 Å². The lowest BCUT2D eigenvalue weighted by atomic mass is 10.0. The fourth-order valence-electron chi connectivity index (χ4n) is 7.28. The molecule has 5 nitrogen and oxygen atoms in total. The molecule has 0 fully saturated rings. The number of nitriles is 1. The number of furan rings is 1. The van der Waals surface area contributed by atoms with Gasteiger partial charge in [0.05, 0.1) is 34.1 Å². The zero-order chi connectivity index (χ0) is 34.6. The Labute approximate surface area is 299 Å². The summed E-state index contributed by atoms with van der Waals surface area (Å²) in [7, 11) is 0. The second-order valence-corrected chi connectivity index (χ2v) is 13.0. The van der Waals surface area contributed by atoms with Crippen molar-refractivity contribution in [2.24, 2.45) is 0 Å². The lowest BCUT2D eigenvalue weighted by Crippen LogP contribution is -2.04. The first-order valence-corrected chi connectivity index (χ1v) is 17.2. The summed E-state index contributed by atoms with van der Waals surface area (Å²) in [6.07, 6.45) is 0. The molecule has 0 aliphatic carbocycles. The molecule has 10 rings (SSSR count). The Kier molecular flexibility index (Phi) is 6.80. The third kappa shape index (κ3) is 4.93. The van der Waals surface area contributed by atoms with Crippen LogP contribution in [0, 0.1) is 11.3 Å². The van der Waals surface area contributed by atoms with Gasteiger partial charge in [-0.05, 0) is 76.9 Å². The summed E-state index contributed by atoms with van der Waals surface area (Å²) in [6, 6.07) is 60.3. The third-order valence-electron chi connectivity index (χ3n) is 9.89. The zero-order valence-electron chi connectivity index (χ0n) is 27.9. The molecule has 3 aromatic heterocycles. The minimum absolute atomic E-state index is 0.609. The van der Waals surface area contributed by atoms with Crippen molar-refractivity contribution in [2.45, 2.75) is 0 Å². The van der Waals surface area contributed by atoms with Gasteiger partial charge in [-0.15, -0.1) is 0 Å². The molecule has 0 spiro atoms. The van der Waals surface area contributed by atoms with Crippen molar-refractivity contribution in [3.8, 4) is 56.8 Å². The summed E-state index contributed by atoms with van der Waals surface area (Å²) >= 11 is 0. The maximum atomic E-state index is 9.22. The van der Waals surface area contributed by atoms with E-state index in [9.17, 15) is 5.26 Å². The van der Waals surface area contributed by atoms with Gasteiger partial charge in [0, 0.05) is 32.7 Å². The molecule has 7 aromatic carbocycles. The van der Waals surface area contributed by atoms with E-state index in [0.717, 1.165) is 88.5 Å². The molecule has 0 saturated heterocycles. The first-order chi connectivity index (χ1) is 25.7. The first-order valence-electron chi connectivity index (χ1n) is 17.2. The van der Waals surface area contributed by atoms with Crippen molar-refractivity contribution in [2.75, 3.05) is 0 Å². The van der Waals surface area contributed by atoms with E-state index in [0.29, 0.717) is 11.5 Å². The Balaban J connectivity index is 1.13. The van der Waals surface area contributed by atoms with Crippen LogP contribution in [-0.4, -0.2) is 14.5 Å². The van der Waals surface area contributed by atoms with Crippen molar-refractivity contribution in [1.29, 1.82) is 5.26 Å². The molecule has 0 bridgehead atoms. The summed E-state index contributed by atoms with van der Waals surface area (Å²) in [5.41, 5.74) is 12.6. The summed E-state index contributed by atoms with van der Waals surface area (Å²) in [4.78, 5) is 10.4. The molecule has 0 saturated carbocycles. The average molecular weight is 665 g/mol. The highest BCUT2D eigenvalue weighted by Crippen LogP contribution is 2.37. The van der Waals surface area contributed by atoms with E-state index >= 15 is 0 Å². The molecule has 0 unspecified atom stereocenters. The summed E-state index contributed by atoms with van der Waals surface area (Å²) in [5, 5.41) is 13.7. The summed E-state index contributed by atoms with van der Waals surface area (Å²) in [6.45, 7) is 0. The van der Waals surface area contributed by atoms with Crippen molar-refractivity contribution >= 4 is 43.7 Å². The number of para-hydroxylation sites is 2. The number of rotatable bonds is 5. The van der Waals surface area contributed by atoms with Crippen LogP contribution in [0.4, 0.5) is 0 Å². The van der Waals surface area contributed by atoms with Gasteiger partial charge in [0.2, 0.25) is 5.95 Å². The van der Waals surface area contributed by atoms with Crippen LogP contribution in [0.15, 0.2) is 174 Å². The quantitative estimate of drug-likeness (QED) is 0.184. The molecule has 0 radical (unpaired) electrons. The fraction of sp³-hybridized carbons (Fsp3) is 0. The maximum Gasteiger partial charge on any atom is 0.235 e. The van der Waals surface area contributed by atoms with Gasteiger partial charge in [-0.2, -0.15) is 5.26 Å². The van der Waals surface area contributed by atoms with Gasteiger partial charge in [0.1, 0.15) is 11.2 Å². The third-order valence-corrected chi connectivity index (χ3v) is 9.89. The van der Waals surface area contributed by atoms with Crippen molar-refractivity contribution in [1.82, 2.24) is 14.5 Å². The fourth-order valence-corrected chi connectivity index (χ4v) is 7.28. The van der Waals surface area contributed by atoms with E-state index in [4.69, 9.17) is 14.4 Å². The number of hydrogen-bond acceptors (Lipinski definition) is 4. The van der Waals surface area contributed by atoms with Gasteiger partial charge in [-0.1, -0.05) is 115 Å². The standard InChI is InChI=1S/C47H28N4O/c48-29-30-14-16-31(17-15-30)32-18-20-34(21-19-32)42-28-41(33-8-2-1-3-9-33)49-47(50-42)51-43-12-6-4-10-37(43)39-26-35(22-24-44(39)51)36-23-25-46-40(27-36)38-11-5-7-13-45(38)52-46/h1-28H. The van der Waals surface area contributed by atoms with E-state index in [1.165, 1.54) is 0 Å². The Bertz CT molecular complexity index is 3000. The monoisotopic (exact) mass is 664 g/mol. The Morgan fingerprint density at radius 3 is 1.71 bits per heavy atom. The molecule has 0 atom stereocenters. The highest BCUT2D eigenvalue weighted by Gasteiger charge is 2.18. The molecule has 242 valence electrons. The molecular weight excluding hydrogens is 637 g/mol. The molecule has 52 heavy (non-hydrogen) atoms. The second kappa shape index (κ2) is 11.9. The highest BCUT2D eigenvalue weighted by molar-refractivity contribution is 6.11. The molecule has 5 heteroatoms. The number of aromatic nitrogens is 3. The van der Waals surface area contributed by atoms with Gasteiger partial charge < -0.3 is 4.42 Å². The largest absolute Gasteiger partial charge is 0.456 e. The van der Waals surface area contributed by atoms with Crippen molar-refractivity contribution in [3.63, 3.8) is 0 Å². The SMILES string of the molecule is N#Cc1ccc(-c2ccc(-c3cc(-c4ccccc4)nc(-n4c5ccccc5c5cc(-c6ccc7oc8ccccc8c7c6)ccc54)n3)cc2)cc1. The molecule has 3 heterocycles. The predicted octanol–water partition coefficient (Wildman–Crippen LogP) is 12.0. The minimum Gasteiger partial charge on any atom is -0.456 e. The Morgan fingerprint density at radius 1 is 0.423 bits per heavy atom. The van der Waals surface area contributed by atoms with Crippen LogP contribution in [-0.2, 0) is 0 Å². The van der Waals surface area contributed by atoms with Crippen LogP contribution in [0.1, 0.15) is 5.56 Å². The summed E-state index contributed by atoms with van der Waals surface area (Å²) in [5.74, 6) is 0.609. The van der Waals surface area contributed by atoms with Crippen molar-refractivity contribution in [3.05, 3.63) is 175 Å². The number of hydrogen-bond donors (Lipinski definition) is 0. The number of fused-ring (bicyclic) bond motifs is 6. The Hall–Kier alpha value is -7.29. The van der Waals surface area contributed by atoms with Crippen LogP contribution in [0.3, 0.4) is 0 Å². The van der Waals surface area contributed by atoms with E-state index in [2.05, 4.69) is 126 Å². The highest BCUT2D eigenvalue weighted by atomic mass is 16.3. The maximum absolute atomic E-state index is 9.22. The normalized spacial score (nSPS) is 11.4. The van der Waals surface area contributed by atoms with Crippen LogP contribution in [0.25, 0.3) is 94.5 Å². The van der Waals surface area contributed by atoms with Gasteiger partial charge in [0.15, 0.2) is 0 Å². The molecule has 0 amide bonds. The zero-order valence-corrected chi connectivity index (χ0v) is 27.9. The van der Waals surface area contributed by atoms with Crippen molar-refractivity contribution < 1.29 is 4.42 Å². The number of nitrogens with zero attached hydrogens (tertiary/aromatic N) is 4. The molecular formula is C47H28N4O. The lowest BCUT2D eigenvalue weighted by Gasteiger charge is -2.12. The van der Waals surface area contributed by atoms with E-state index < -0.39 is 0 Å².